The first-order valence-corrected chi connectivity index (χ1v) is 11.9. The van der Waals surface area contributed by atoms with E-state index in [0.29, 0.717) is 24.0 Å². The number of hydrogen-bond acceptors (Lipinski definition) is 5. The summed E-state index contributed by atoms with van der Waals surface area (Å²) in [5, 5.41) is 0.603. The molecule has 1 saturated heterocycles. The van der Waals surface area contributed by atoms with Crippen LogP contribution < -0.4 is 4.74 Å². The summed E-state index contributed by atoms with van der Waals surface area (Å²) in [6.07, 6.45) is -4.13. The fraction of sp³-hybridized carbons (Fsp3) is 0.348. The highest BCUT2D eigenvalue weighted by Crippen LogP contribution is 2.34. The number of nitrogens with zero attached hydrogens (tertiary/aromatic N) is 2. The van der Waals surface area contributed by atoms with Gasteiger partial charge in [-0.15, -0.1) is 13.2 Å². The second-order valence-electron chi connectivity index (χ2n) is 9.01. The van der Waals surface area contributed by atoms with Crippen molar-refractivity contribution in [2.45, 2.75) is 43.5 Å². The molecule has 1 aliphatic rings. The van der Waals surface area contributed by atoms with Crippen molar-refractivity contribution in [1.82, 2.24) is 8.87 Å². The standard InChI is InChI=1S/C23H23F3N2O5S/c1-22(2,3)33-21(29)27-13-17(14-27)15-8-9-18-16(12-15)10-11-28(18)34(30,31)20-7-5-4-6-19(20)32-23(24,25)26/h4-12,17H,13-14H2,1-3H3. The van der Waals surface area contributed by atoms with E-state index in [-0.39, 0.29) is 12.0 Å². The Morgan fingerprint density at radius 1 is 1.03 bits per heavy atom. The number of amides is 1. The number of para-hydroxylation sites is 1. The normalized spacial score (nSPS) is 15.3. The Bertz CT molecular complexity index is 1340. The molecule has 7 nitrogen and oxygen atoms in total. The molecule has 0 spiro atoms. The third-order valence-corrected chi connectivity index (χ3v) is 7.02. The maximum absolute atomic E-state index is 13.2. The zero-order chi connectivity index (χ0) is 24.9. The number of benzene rings is 2. The SMILES string of the molecule is CC(C)(C)OC(=O)N1CC(c2ccc3c(ccn3S(=O)(=O)c3ccccc3OC(F)(F)F)c2)C1. The largest absolute Gasteiger partial charge is 0.573 e. The molecule has 0 bridgehead atoms. The van der Waals surface area contributed by atoms with Crippen LogP contribution in [0.5, 0.6) is 5.75 Å². The lowest BCUT2D eigenvalue weighted by atomic mass is 9.91. The number of alkyl halides is 3. The number of likely N-dealkylation sites (tertiary alicyclic amines) is 1. The van der Waals surface area contributed by atoms with Crippen molar-refractivity contribution in [2.24, 2.45) is 0 Å². The van der Waals surface area contributed by atoms with Crippen LogP contribution in [0, 0.1) is 0 Å². The van der Waals surface area contributed by atoms with Gasteiger partial charge in [0.2, 0.25) is 0 Å². The second-order valence-corrected chi connectivity index (χ2v) is 10.8. The number of aromatic nitrogens is 1. The third kappa shape index (κ3) is 4.84. The van der Waals surface area contributed by atoms with Crippen LogP contribution in [0.2, 0.25) is 0 Å². The lowest BCUT2D eigenvalue weighted by Crippen LogP contribution is -2.50. The molecular formula is C23H23F3N2O5S. The number of carbonyl (C=O) groups is 1. The van der Waals surface area contributed by atoms with Crippen LogP contribution >= 0.6 is 0 Å². The van der Waals surface area contributed by atoms with Gasteiger partial charge in [-0.25, -0.2) is 17.2 Å². The Labute approximate surface area is 194 Å². The minimum absolute atomic E-state index is 0.0674. The van der Waals surface area contributed by atoms with Crippen molar-refractivity contribution in [1.29, 1.82) is 0 Å². The summed E-state index contributed by atoms with van der Waals surface area (Å²) < 4.78 is 74.9. The summed E-state index contributed by atoms with van der Waals surface area (Å²) in [6, 6.07) is 11.4. The van der Waals surface area contributed by atoms with Gasteiger partial charge in [0, 0.05) is 30.6 Å². The first kappa shape index (κ1) is 23.9. The first-order chi connectivity index (χ1) is 15.7. The van der Waals surface area contributed by atoms with Gasteiger partial charge >= 0.3 is 12.5 Å². The molecule has 0 atom stereocenters. The maximum Gasteiger partial charge on any atom is 0.573 e. The minimum Gasteiger partial charge on any atom is -0.444 e. The molecule has 1 amide bonds. The fourth-order valence-corrected chi connectivity index (χ4v) is 5.21. The lowest BCUT2D eigenvalue weighted by Gasteiger charge is -2.40. The van der Waals surface area contributed by atoms with E-state index >= 15 is 0 Å². The number of rotatable bonds is 4. The average molecular weight is 497 g/mol. The number of carbonyl (C=O) groups excluding carboxylic acids is 1. The Kier molecular flexibility index (Phi) is 5.79. The van der Waals surface area contributed by atoms with Gasteiger partial charge in [0.1, 0.15) is 16.2 Å². The van der Waals surface area contributed by atoms with Crippen molar-refractivity contribution in [3.8, 4) is 5.75 Å². The molecule has 1 aliphatic heterocycles. The van der Waals surface area contributed by atoms with Crippen LogP contribution in [0.3, 0.4) is 0 Å². The Hall–Kier alpha value is -3.21. The predicted molar refractivity (Wildman–Crippen MR) is 118 cm³/mol. The van der Waals surface area contributed by atoms with Crippen LogP contribution in [-0.4, -0.2) is 48.4 Å². The lowest BCUT2D eigenvalue weighted by molar-refractivity contribution is -0.275. The minimum atomic E-state index is -5.03. The molecule has 0 saturated carbocycles. The summed E-state index contributed by atoms with van der Waals surface area (Å²) in [7, 11) is -4.37. The van der Waals surface area contributed by atoms with Crippen LogP contribution in [-0.2, 0) is 14.8 Å². The van der Waals surface area contributed by atoms with Crippen LogP contribution in [0.4, 0.5) is 18.0 Å². The number of hydrogen-bond donors (Lipinski definition) is 0. The summed E-state index contributed by atoms with van der Waals surface area (Å²) in [5.41, 5.74) is 0.649. The molecule has 1 fully saturated rings. The summed E-state index contributed by atoms with van der Waals surface area (Å²) in [4.78, 5) is 13.1. The maximum atomic E-state index is 13.2. The highest BCUT2D eigenvalue weighted by molar-refractivity contribution is 7.90. The van der Waals surface area contributed by atoms with Crippen molar-refractivity contribution >= 4 is 27.0 Å². The van der Waals surface area contributed by atoms with Crippen molar-refractivity contribution in [3.05, 3.63) is 60.3 Å². The van der Waals surface area contributed by atoms with Gasteiger partial charge in [-0.3, -0.25) is 0 Å². The molecule has 11 heteroatoms. The van der Waals surface area contributed by atoms with E-state index < -0.39 is 32.6 Å². The topological polar surface area (TPSA) is 77.8 Å². The van der Waals surface area contributed by atoms with E-state index in [1.807, 2.05) is 6.07 Å². The molecule has 0 radical (unpaired) electrons. The van der Waals surface area contributed by atoms with Crippen LogP contribution in [0.25, 0.3) is 10.9 Å². The monoisotopic (exact) mass is 496 g/mol. The predicted octanol–water partition coefficient (Wildman–Crippen LogP) is 5.11. The fourth-order valence-electron chi connectivity index (χ4n) is 3.74. The molecule has 0 aliphatic carbocycles. The van der Waals surface area contributed by atoms with Gasteiger partial charge in [0.25, 0.3) is 10.0 Å². The van der Waals surface area contributed by atoms with E-state index in [9.17, 15) is 26.4 Å². The van der Waals surface area contributed by atoms with Gasteiger partial charge in [0.05, 0.1) is 5.52 Å². The van der Waals surface area contributed by atoms with Gasteiger partial charge in [0.15, 0.2) is 0 Å². The van der Waals surface area contributed by atoms with Crippen LogP contribution in [0.15, 0.2) is 59.6 Å². The van der Waals surface area contributed by atoms with E-state index in [1.54, 1.807) is 43.9 Å². The summed E-state index contributed by atoms with van der Waals surface area (Å²) >= 11 is 0. The van der Waals surface area contributed by atoms with Crippen LogP contribution in [0.1, 0.15) is 32.3 Å². The molecule has 0 unspecified atom stereocenters. The zero-order valence-corrected chi connectivity index (χ0v) is 19.5. The highest BCUT2D eigenvalue weighted by Gasteiger charge is 2.36. The average Bonchev–Trinajstić information content (AvgIpc) is 3.08. The Morgan fingerprint density at radius 3 is 2.35 bits per heavy atom. The molecule has 3 aromatic rings. The number of fused-ring (bicyclic) bond motifs is 1. The molecule has 182 valence electrons. The van der Waals surface area contributed by atoms with E-state index in [2.05, 4.69) is 4.74 Å². The third-order valence-electron chi connectivity index (χ3n) is 5.29. The molecule has 4 rings (SSSR count). The van der Waals surface area contributed by atoms with E-state index in [1.165, 1.54) is 18.3 Å². The molecule has 2 heterocycles. The summed E-state index contributed by atoms with van der Waals surface area (Å²) in [6.45, 7) is 6.33. The summed E-state index contributed by atoms with van der Waals surface area (Å²) in [5.74, 6) is -0.733. The van der Waals surface area contributed by atoms with Crippen molar-refractivity contribution < 1.29 is 35.9 Å². The van der Waals surface area contributed by atoms with E-state index in [0.717, 1.165) is 21.7 Å². The van der Waals surface area contributed by atoms with Crippen molar-refractivity contribution in [3.63, 3.8) is 0 Å². The molecule has 0 N–H and O–H groups in total. The van der Waals surface area contributed by atoms with Gasteiger partial charge in [-0.2, -0.15) is 0 Å². The van der Waals surface area contributed by atoms with Gasteiger partial charge in [-0.1, -0.05) is 18.2 Å². The zero-order valence-electron chi connectivity index (χ0n) is 18.7. The molecular weight excluding hydrogens is 473 g/mol. The first-order valence-electron chi connectivity index (χ1n) is 10.4. The van der Waals surface area contributed by atoms with Crippen molar-refractivity contribution in [2.75, 3.05) is 13.1 Å². The number of ether oxygens (including phenoxy) is 2. The molecule has 1 aromatic heterocycles. The second kappa shape index (κ2) is 8.23. The number of halogens is 3. The van der Waals surface area contributed by atoms with Gasteiger partial charge in [-0.05, 0) is 56.7 Å². The molecule has 2 aromatic carbocycles. The van der Waals surface area contributed by atoms with E-state index in [4.69, 9.17) is 4.74 Å². The molecule has 34 heavy (non-hydrogen) atoms. The Morgan fingerprint density at radius 2 is 1.71 bits per heavy atom. The smallest absolute Gasteiger partial charge is 0.444 e. The highest BCUT2D eigenvalue weighted by atomic mass is 32.2. The Balaban J connectivity index is 1.58. The quantitative estimate of drug-likeness (QED) is 0.502. The van der Waals surface area contributed by atoms with Gasteiger partial charge < -0.3 is 14.4 Å².